The number of anilines is 1. The minimum Gasteiger partial charge on any atom is -0.508 e. The van der Waals surface area contributed by atoms with Gasteiger partial charge in [-0.25, -0.2) is 0 Å². The Morgan fingerprint density at radius 1 is 1.20 bits per heavy atom. The van der Waals surface area contributed by atoms with Crippen LogP contribution in [-0.2, 0) is 6.42 Å². The molecular formula is C14H13ClN2O3. The number of nitro benzene ring substituents is 1. The highest BCUT2D eigenvalue weighted by Gasteiger charge is 2.13. The van der Waals surface area contributed by atoms with Crippen molar-refractivity contribution in [2.75, 3.05) is 11.9 Å². The van der Waals surface area contributed by atoms with E-state index in [2.05, 4.69) is 5.32 Å². The number of nitrogens with one attached hydrogen (secondary N) is 1. The van der Waals surface area contributed by atoms with Crippen molar-refractivity contribution in [1.82, 2.24) is 0 Å². The van der Waals surface area contributed by atoms with Gasteiger partial charge in [0.1, 0.15) is 11.4 Å². The second-order valence-corrected chi connectivity index (χ2v) is 4.70. The molecule has 0 atom stereocenters. The van der Waals surface area contributed by atoms with Crippen molar-refractivity contribution < 1.29 is 10.0 Å². The fraction of sp³-hybridized carbons (Fsp3) is 0.143. The summed E-state index contributed by atoms with van der Waals surface area (Å²) in [6, 6.07) is 11.2. The van der Waals surface area contributed by atoms with Crippen LogP contribution in [0.15, 0.2) is 42.5 Å². The topological polar surface area (TPSA) is 75.4 Å². The summed E-state index contributed by atoms with van der Waals surface area (Å²) in [5, 5.41) is 23.5. The van der Waals surface area contributed by atoms with Gasteiger partial charge in [0.15, 0.2) is 0 Å². The number of rotatable bonds is 5. The fourth-order valence-corrected chi connectivity index (χ4v) is 1.99. The van der Waals surface area contributed by atoms with E-state index in [9.17, 15) is 15.2 Å². The lowest BCUT2D eigenvalue weighted by molar-refractivity contribution is -0.384. The van der Waals surface area contributed by atoms with Gasteiger partial charge in [-0.2, -0.15) is 0 Å². The van der Waals surface area contributed by atoms with E-state index in [1.165, 1.54) is 18.2 Å². The van der Waals surface area contributed by atoms with E-state index in [0.717, 1.165) is 5.56 Å². The van der Waals surface area contributed by atoms with Crippen molar-refractivity contribution in [3.05, 3.63) is 63.2 Å². The van der Waals surface area contributed by atoms with Crippen LogP contribution in [0, 0.1) is 10.1 Å². The van der Waals surface area contributed by atoms with Gasteiger partial charge in [-0.1, -0.05) is 23.7 Å². The molecule has 20 heavy (non-hydrogen) atoms. The van der Waals surface area contributed by atoms with Gasteiger partial charge in [0.05, 0.1) is 4.92 Å². The van der Waals surface area contributed by atoms with Crippen LogP contribution in [0.25, 0.3) is 0 Å². The third-order valence-corrected chi connectivity index (χ3v) is 3.06. The molecule has 0 spiro atoms. The third kappa shape index (κ3) is 3.61. The number of aromatic hydroxyl groups is 1. The summed E-state index contributed by atoms with van der Waals surface area (Å²) in [5.74, 6) is 0.215. The van der Waals surface area contributed by atoms with Gasteiger partial charge >= 0.3 is 0 Å². The van der Waals surface area contributed by atoms with Gasteiger partial charge in [-0.15, -0.1) is 0 Å². The van der Waals surface area contributed by atoms with Crippen molar-refractivity contribution in [1.29, 1.82) is 0 Å². The molecular weight excluding hydrogens is 280 g/mol. The molecule has 0 saturated heterocycles. The van der Waals surface area contributed by atoms with Crippen molar-refractivity contribution in [3.8, 4) is 5.75 Å². The molecule has 0 aliphatic carbocycles. The summed E-state index contributed by atoms with van der Waals surface area (Å²) in [4.78, 5) is 10.5. The molecule has 0 aromatic heterocycles. The highest BCUT2D eigenvalue weighted by atomic mass is 35.5. The lowest BCUT2D eigenvalue weighted by atomic mass is 10.1. The van der Waals surface area contributed by atoms with Gasteiger partial charge < -0.3 is 10.4 Å². The molecule has 2 aromatic carbocycles. The Bertz CT molecular complexity index is 614. The Morgan fingerprint density at radius 3 is 2.55 bits per heavy atom. The minimum absolute atomic E-state index is 0.0000983. The minimum atomic E-state index is -0.445. The van der Waals surface area contributed by atoms with Gasteiger partial charge in [0, 0.05) is 17.6 Å². The van der Waals surface area contributed by atoms with Crippen LogP contribution >= 0.6 is 11.6 Å². The maximum atomic E-state index is 10.9. The number of phenolic OH excluding ortho intramolecular Hbond substituents is 1. The first-order valence-electron chi connectivity index (χ1n) is 6.02. The molecule has 2 N–H and O–H groups in total. The number of halogens is 1. The molecule has 0 amide bonds. The Labute approximate surface area is 121 Å². The molecule has 0 heterocycles. The molecule has 2 rings (SSSR count). The monoisotopic (exact) mass is 292 g/mol. The molecule has 0 radical (unpaired) electrons. The van der Waals surface area contributed by atoms with Gasteiger partial charge in [-0.05, 0) is 36.2 Å². The summed E-state index contributed by atoms with van der Waals surface area (Å²) in [7, 11) is 0. The van der Waals surface area contributed by atoms with Crippen molar-refractivity contribution in [2.45, 2.75) is 6.42 Å². The molecule has 0 fully saturated rings. The molecule has 0 aliphatic heterocycles. The Hall–Kier alpha value is -2.27. The van der Waals surface area contributed by atoms with Crippen LogP contribution in [-0.4, -0.2) is 16.6 Å². The van der Waals surface area contributed by atoms with Crippen LogP contribution < -0.4 is 5.32 Å². The SMILES string of the molecule is O=[N+]([O-])c1ccc(Cl)cc1NCCc1ccc(O)cc1. The zero-order chi connectivity index (χ0) is 14.5. The van der Waals surface area contributed by atoms with Crippen LogP contribution in [0.4, 0.5) is 11.4 Å². The van der Waals surface area contributed by atoms with Gasteiger partial charge in [-0.3, -0.25) is 10.1 Å². The number of nitro groups is 1. The molecule has 0 saturated carbocycles. The van der Waals surface area contributed by atoms with E-state index < -0.39 is 4.92 Å². The quantitative estimate of drug-likeness (QED) is 0.652. The van der Waals surface area contributed by atoms with Gasteiger partial charge in [0.25, 0.3) is 5.69 Å². The summed E-state index contributed by atoms with van der Waals surface area (Å²) in [6.45, 7) is 0.534. The molecule has 0 unspecified atom stereocenters. The smallest absolute Gasteiger partial charge is 0.292 e. The Morgan fingerprint density at radius 2 is 1.90 bits per heavy atom. The van der Waals surface area contributed by atoms with E-state index in [4.69, 9.17) is 11.6 Å². The standard InChI is InChI=1S/C14H13ClN2O3/c15-11-3-6-14(17(19)20)13(9-11)16-8-7-10-1-4-12(18)5-2-10/h1-6,9,16,18H,7-8H2. The summed E-state index contributed by atoms with van der Waals surface area (Å²) >= 11 is 5.84. The zero-order valence-electron chi connectivity index (χ0n) is 10.5. The number of benzene rings is 2. The van der Waals surface area contributed by atoms with Crippen molar-refractivity contribution >= 4 is 23.0 Å². The predicted molar refractivity (Wildman–Crippen MR) is 78.4 cm³/mol. The zero-order valence-corrected chi connectivity index (χ0v) is 11.3. The first-order chi connectivity index (χ1) is 9.56. The predicted octanol–water partition coefficient (Wildman–Crippen LogP) is 3.61. The van der Waals surface area contributed by atoms with E-state index in [-0.39, 0.29) is 11.4 Å². The second-order valence-electron chi connectivity index (χ2n) is 4.26. The highest BCUT2D eigenvalue weighted by Crippen LogP contribution is 2.27. The third-order valence-electron chi connectivity index (χ3n) is 2.82. The maximum absolute atomic E-state index is 10.9. The van der Waals surface area contributed by atoms with E-state index in [0.29, 0.717) is 23.7 Å². The Balaban J connectivity index is 2.02. The summed E-state index contributed by atoms with van der Waals surface area (Å²) < 4.78 is 0. The highest BCUT2D eigenvalue weighted by molar-refractivity contribution is 6.31. The summed E-state index contributed by atoms with van der Waals surface area (Å²) in [5.41, 5.74) is 1.43. The molecule has 6 heteroatoms. The average molecular weight is 293 g/mol. The summed E-state index contributed by atoms with van der Waals surface area (Å²) in [6.07, 6.45) is 0.684. The van der Waals surface area contributed by atoms with Crippen LogP contribution in [0.5, 0.6) is 5.75 Å². The van der Waals surface area contributed by atoms with Crippen LogP contribution in [0.2, 0.25) is 5.02 Å². The molecule has 104 valence electrons. The molecule has 0 bridgehead atoms. The molecule has 2 aromatic rings. The second kappa shape index (κ2) is 6.25. The fourth-order valence-electron chi connectivity index (χ4n) is 1.81. The lowest BCUT2D eigenvalue weighted by Gasteiger charge is -2.07. The molecule has 0 aliphatic rings. The number of hydrogen-bond acceptors (Lipinski definition) is 4. The van der Waals surface area contributed by atoms with Crippen LogP contribution in [0.3, 0.4) is 0 Å². The number of phenols is 1. The maximum Gasteiger partial charge on any atom is 0.292 e. The number of hydrogen-bond donors (Lipinski definition) is 2. The van der Waals surface area contributed by atoms with Crippen LogP contribution in [0.1, 0.15) is 5.56 Å². The van der Waals surface area contributed by atoms with E-state index >= 15 is 0 Å². The van der Waals surface area contributed by atoms with Crippen molar-refractivity contribution in [2.24, 2.45) is 0 Å². The van der Waals surface area contributed by atoms with E-state index in [1.807, 2.05) is 12.1 Å². The van der Waals surface area contributed by atoms with Gasteiger partial charge in [0.2, 0.25) is 0 Å². The normalized spacial score (nSPS) is 10.2. The number of nitrogens with zero attached hydrogens (tertiary/aromatic N) is 1. The lowest BCUT2D eigenvalue weighted by Crippen LogP contribution is -2.06. The van der Waals surface area contributed by atoms with Crippen molar-refractivity contribution in [3.63, 3.8) is 0 Å². The first-order valence-corrected chi connectivity index (χ1v) is 6.40. The largest absolute Gasteiger partial charge is 0.508 e. The Kier molecular flexibility index (Phi) is 4.42. The molecule has 5 nitrogen and oxygen atoms in total. The first kappa shape index (κ1) is 14.1. The van der Waals surface area contributed by atoms with E-state index in [1.54, 1.807) is 12.1 Å². The average Bonchev–Trinajstić information content (AvgIpc) is 2.41.